The number of hydrogen-bond acceptors (Lipinski definition) is 5. The van der Waals surface area contributed by atoms with E-state index in [-0.39, 0.29) is 30.3 Å². The Balaban J connectivity index is 1.78. The van der Waals surface area contributed by atoms with Crippen LogP contribution in [0.5, 0.6) is 11.5 Å². The van der Waals surface area contributed by atoms with E-state index in [2.05, 4.69) is 0 Å². The Bertz CT molecular complexity index is 894. The van der Waals surface area contributed by atoms with E-state index in [9.17, 15) is 9.90 Å². The Morgan fingerprint density at radius 2 is 2.04 bits per heavy atom. The predicted octanol–water partition coefficient (Wildman–Crippen LogP) is 4.25. The van der Waals surface area contributed by atoms with Gasteiger partial charge in [-0.15, -0.1) is 0 Å². The zero-order valence-corrected chi connectivity index (χ0v) is 14.2. The highest BCUT2D eigenvalue weighted by Gasteiger charge is 2.18. The van der Waals surface area contributed by atoms with Gasteiger partial charge in [0.1, 0.15) is 22.6 Å². The van der Waals surface area contributed by atoms with Gasteiger partial charge in [0, 0.05) is 18.9 Å². The normalized spacial score (nSPS) is 11.0. The first-order chi connectivity index (χ1) is 12.1. The molecule has 3 rings (SSSR count). The van der Waals surface area contributed by atoms with E-state index < -0.39 is 0 Å². The molecule has 0 saturated heterocycles. The van der Waals surface area contributed by atoms with Gasteiger partial charge >= 0.3 is 0 Å². The summed E-state index contributed by atoms with van der Waals surface area (Å²) in [4.78, 5) is 12.6. The summed E-state index contributed by atoms with van der Waals surface area (Å²) in [5.41, 5.74) is 2.87. The lowest BCUT2D eigenvalue weighted by molar-refractivity contribution is 0.0500. The smallest absolute Gasteiger partial charge is 0.188 e. The summed E-state index contributed by atoms with van der Waals surface area (Å²) >= 11 is 0. The van der Waals surface area contributed by atoms with Gasteiger partial charge < -0.3 is 19.0 Å². The number of carbonyl (C=O) groups is 1. The number of carbonyl (C=O) groups excluding carboxylic acids is 1. The highest BCUT2D eigenvalue weighted by Crippen LogP contribution is 2.31. The van der Waals surface area contributed by atoms with Crippen LogP contribution >= 0.6 is 0 Å². The third-order valence-corrected chi connectivity index (χ3v) is 3.99. The maximum atomic E-state index is 12.6. The van der Waals surface area contributed by atoms with Gasteiger partial charge in [0.2, 0.25) is 0 Å². The van der Waals surface area contributed by atoms with Crippen molar-refractivity contribution >= 4 is 16.8 Å². The maximum absolute atomic E-state index is 12.6. The summed E-state index contributed by atoms with van der Waals surface area (Å²) in [7, 11) is 1.50. The lowest BCUT2D eigenvalue weighted by Crippen LogP contribution is -2.08. The number of rotatable bonds is 7. The molecule has 0 unspecified atom stereocenters. The average Bonchev–Trinajstić information content (AvgIpc) is 3.05. The molecule has 0 fully saturated rings. The fourth-order valence-corrected chi connectivity index (χ4v) is 2.81. The van der Waals surface area contributed by atoms with Crippen molar-refractivity contribution in [3.63, 3.8) is 0 Å². The van der Waals surface area contributed by atoms with Crippen molar-refractivity contribution in [2.24, 2.45) is 0 Å². The summed E-state index contributed by atoms with van der Waals surface area (Å²) in [6.45, 7) is 1.84. The zero-order valence-electron chi connectivity index (χ0n) is 14.2. The van der Waals surface area contributed by atoms with Crippen LogP contribution in [0, 0.1) is 6.92 Å². The number of methoxy groups -OCH3 is 1. The molecule has 0 spiro atoms. The number of phenols is 1. The van der Waals surface area contributed by atoms with Gasteiger partial charge in [0.15, 0.2) is 12.6 Å². The van der Waals surface area contributed by atoms with Crippen LogP contribution in [0.15, 0.2) is 47.1 Å². The third kappa shape index (κ3) is 3.83. The fourth-order valence-electron chi connectivity index (χ4n) is 2.81. The summed E-state index contributed by atoms with van der Waals surface area (Å²) in [5.74, 6) is 0.104. The second-order valence-electron chi connectivity index (χ2n) is 5.92. The Hall–Kier alpha value is -2.79. The van der Waals surface area contributed by atoms with Crippen LogP contribution < -0.4 is 4.74 Å². The number of ketones is 1. The van der Waals surface area contributed by atoms with Crippen molar-refractivity contribution in [2.45, 2.75) is 19.8 Å². The first kappa shape index (κ1) is 17.0. The quantitative estimate of drug-likeness (QED) is 0.514. The molecule has 1 heterocycles. The number of furan rings is 1. The lowest BCUT2D eigenvalue weighted by Gasteiger charge is -2.13. The third-order valence-electron chi connectivity index (χ3n) is 3.99. The van der Waals surface area contributed by atoms with Crippen molar-refractivity contribution in [1.29, 1.82) is 0 Å². The second-order valence-corrected chi connectivity index (χ2v) is 5.92. The Kier molecular flexibility index (Phi) is 5.05. The molecule has 1 aromatic heterocycles. The van der Waals surface area contributed by atoms with E-state index in [0.717, 1.165) is 22.1 Å². The Morgan fingerprint density at radius 1 is 1.20 bits per heavy atom. The van der Waals surface area contributed by atoms with Crippen LogP contribution in [-0.4, -0.2) is 24.8 Å². The second kappa shape index (κ2) is 7.40. The largest absolute Gasteiger partial charge is 0.507 e. The number of aromatic hydroxyl groups is 1. The van der Waals surface area contributed by atoms with Crippen molar-refractivity contribution in [1.82, 2.24) is 0 Å². The minimum atomic E-state index is -0.170. The molecule has 2 aromatic carbocycles. The van der Waals surface area contributed by atoms with E-state index in [0.29, 0.717) is 12.2 Å². The molecule has 0 atom stereocenters. The first-order valence-electron chi connectivity index (χ1n) is 8.03. The predicted molar refractivity (Wildman–Crippen MR) is 94.2 cm³/mol. The number of ether oxygens (including phenoxy) is 2. The van der Waals surface area contributed by atoms with Crippen molar-refractivity contribution in [2.75, 3.05) is 13.9 Å². The van der Waals surface area contributed by atoms with Crippen LogP contribution in [-0.2, 0) is 11.2 Å². The summed E-state index contributed by atoms with van der Waals surface area (Å²) in [5, 5.41) is 11.2. The van der Waals surface area contributed by atoms with Gasteiger partial charge in [0.05, 0.1) is 6.26 Å². The van der Waals surface area contributed by atoms with Crippen LogP contribution in [0.4, 0.5) is 0 Å². The molecule has 0 bridgehead atoms. The molecule has 5 heteroatoms. The highest BCUT2D eigenvalue weighted by molar-refractivity contribution is 6.01. The molecule has 0 radical (unpaired) electrons. The molecular weight excluding hydrogens is 320 g/mol. The van der Waals surface area contributed by atoms with Crippen molar-refractivity contribution in [3.05, 3.63) is 59.4 Å². The van der Waals surface area contributed by atoms with Crippen LogP contribution in [0.2, 0.25) is 0 Å². The molecule has 0 aliphatic rings. The monoisotopic (exact) mass is 340 g/mol. The standard InChI is InChI=1S/C20H20O5/c1-13-9-17(22)20(19(10-13)25-12-23-2)16(21)5-3-14-4-6-18-15(11-14)7-8-24-18/h4,6-11,22H,3,5,12H2,1-2H3. The molecule has 3 aromatic rings. The van der Waals surface area contributed by atoms with Gasteiger partial charge in [-0.05, 0) is 54.8 Å². The number of benzene rings is 2. The summed E-state index contributed by atoms with van der Waals surface area (Å²) < 4.78 is 15.7. The van der Waals surface area contributed by atoms with E-state index in [4.69, 9.17) is 13.9 Å². The van der Waals surface area contributed by atoms with Crippen molar-refractivity contribution < 1.29 is 23.8 Å². The first-order valence-corrected chi connectivity index (χ1v) is 8.03. The van der Waals surface area contributed by atoms with Crippen LogP contribution in [0.3, 0.4) is 0 Å². The maximum Gasteiger partial charge on any atom is 0.188 e. The molecule has 130 valence electrons. The summed E-state index contributed by atoms with van der Waals surface area (Å²) in [6.07, 6.45) is 2.48. The van der Waals surface area contributed by atoms with Crippen LogP contribution in [0.25, 0.3) is 11.0 Å². The van der Waals surface area contributed by atoms with E-state index in [1.54, 1.807) is 18.4 Å². The topological polar surface area (TPSA) is 68.9 Å². The lowest BCUT2D eigenvalue weighted by atomic mass is 9.99. The number of hydrogen-bond donors (Lipinski definition) is 1. The Labute approximate surface area is 145 Å². The number of aryl methyl sites for hydroxylation is 2. The van der Waals surface area contributed by atoms with Gasteiger partial charge in [-0.25, -0.2) is 0 Å². The minimum absolute atomic E-state index is 0.0142. The minimum Gasteiger partial charge on any atom is -0.507 e. The fraction of sp³-hybridized carbons (Fsp3) is 0.250. The molecule has 5 nitrogen and oxygen atoms in total. The molecule has 0 aliphatic carbocycles. The summed E-state index contributed by atoms with van der Waals surface area (Å²) in [6, 6.07) is 11.0. The molecular formula is C20H20O5. The zero-order chi connectivity index (χ0) is 17.8. The van der Waals surface area contributed by atoms with Gasteiger partial charge in [0.25, 0.3) is 0 Å². The number of phenolic OH excluding ortho intramolecular Hbond substituents is 1. The van der Waals surface area contributed by atoms with Gasteiger partial charge in [-0.2, -0.15) is 0 Å². The molecule has 0 aliphatic heterocycles. The molecule has 0 saturated carbocycles. The average molecular weight is 340 g/mol. The van der Waals surface area contributed by atoms with E-state index in [1.807, 2.05) is 31.2 Å². The van der Waals surface area contributed by atoms with E-state index >= 15 is 0 Å². The number of fused-ring (bicyclic) bond motifs is 1. The van der Waals surface area contributed by atoms with Gasteiger partial charge in [-0.3, -0.25) is 4.79 Å². The number of Topliss-reactive ketones (excluding diaryl/α,β-unsaturated/α-hetero) is 1. The molecule has 25 heavy (non-hydrogen) atoms. The SMILES string of the molecule is COCOc1cc(C)cc(O)c1C(=O)CCc1ccc2occc2c1. The van der Waals surface area contributed by atoms with Crippen LogP contribution in [0.1, 0.15) is 27.9 Å². The Morgan fingerprint density at radius 3 is 2.84 bits per heavy atom. The molecule has 0 amide bonds. The highest BCUT2D eigenvalue weighted by atomic mass is 16.7. The van der Waals surface area contributed by atoms with Crippen molar-refractivity contribution in [3.8, 4) is 11.5 Å². The van der Waals surface area contributed by atoms with E-state index in [1.165, 1.54) is 7.11 Å². The van der Waals surface area contributed by atoms with Gasteiger partial charge in [-0.1, -0.05) is 6.07 Å². The molecule has 1 N–H and O–H groups in total.